The Bertz CT molecular complexity index is 1080. The zero-order chi connectivity index (χ0) is 20.9. The van der Waals surface area contributed by atoms with E-state index in [0.717, 1.165) is 16.9 Å². The summed E-state index contributed by atoms with van der Waals surface area (Å²) in [6.07, 6.45) is 1.62. The van der Waals surface area contributed by atoms with Crippen LogP contribution in [0, 0.1) is 0 Å². The maximum Gasteiger partial charge on any atom is 0.271 e. The van der Waals surface area contributed by atoms with Gasteiger partial charge in [0.05, 0.1) is 0 Å². The molecule has 0 spiro atoms. The topological polar surface area (TPSA) is 112 Å². The highest BCUT2D eigenvalue weighted by atomic mass is 32.1. The number of benzene rings is 1. The number of nitrogens with zero attached hydrogens (tertiary/aromatic N) is 2. The minimum Gasteiger partial charge on any atom is -0.473 e. The number of nitrogens with one attached hydrogen (secondary N) is 2. The number of fused-ring (bicyclic) bond motifs is 1. The van der Waals surface area contributed by atoms with Gasteiger partial charge in [-0.3, -0.25) is 9.59 Å². The second-order valence-electron chi connectivity index (χ2n) is 6.38. The molecule has 9 nitrogen and oxygen atoms in total. The van der Waals surface area contributed by atoms with Crippen LogP contribution in [0.4, 0.5) is 5.13 Å². The van der Waals surface area contributed by atoms with Gasteiger partial charge in [-0.05, 0) is 29.3 Å². The van der Waals surface area contributed by atoms with Crippen molar-refractivity contribution in [3.05, 3.63) is 58.7 Å². The highest BCUT2D eigenvalue weighted by Gasteiger charge is 2.14. The average Bonchev–Trinajstić information content (AvgIpc) is 3.39. The molecule has 1 aliphatic rings. The summed E-state index contributed by atoms with van der Waals surface area (Å²) in [5.41, 5.74) is 2.01. The molecule has 0 saturated heterocycles. The predicted octanol–water partition coefficient (Wildman–Crippen LogP) is 2.73. The Balaban J connectivity index is 1.31. The Morgan fingerprint density at radius 2 is 2.03 bits per heavy atom. The summed E-state index contributed by atoms with van der Waals surface area (Å²) in [4.78, 5) is 31.6. The lowest BCUT2D eigenvalue weighted by atomic mass is 10.2. The number of hydrogen-bond donors (Lipinski definition) is 2. The van der Waals surface area contributed by atoms with Gasteiger partial charge in [-0.2, -0.15) is 0 Å². The largest absolute Gasteiger partial charge is 0.473 e. The number of pyridine rings is 1. The van der Waals surface area contributed by atoms with E-state index in [9.17, 15) is 9.59 Å². The molecular weight excluding hydrogens is 408 g/mol. The summed E-state index contributed by atoms with van der Waals surface area (Å²) in [6, 6.07) is 9.17. The minimum absolute atomic E-state index is 0.227. The summed E-state index contributed by atoms with van der Waals surface area (Å²) < 4.78 is 16.4. The molecule has 3 aromatic rings. The van der Waals surface area contributed by atoms with Crippen LogP contribution >= 0.6 is 11.3 Å². The van der Waals surface area contributed by atoms with E-state index in [2.05, 4.69) is 20.6 Å². The van der Waals surface area contributed by atoms with Crippen LogP contribution in [0.2, 0.25) is 0 Å². The van der Waals surface area contributed by atoms with Crippen molar-refractivity contribution in [3.63, 3.8) is 0 Å². The zero-order valence-electron chi connectivity index (χ0n) is 16.0. The molecule has 0 bridgehead atoms. The summed E-state index contributed by atoms with van der Waals surface area (Å²) in [5, 5.41) is 7.32. The molecule has 0 radical (unpaired) electrons. The van der Waals surface area contributed by atoms with E-state index >= 15 is 0 Å². The number of aromatic nitrogens is 2. The monoisotopic (exact) mass is 426 g/mol. The molecule has 0 unspecified atom stereocenters. The van der Waals surface area contributed by atoms with Crippen LogP contribution in [0.25, 0.3) is 0 Å². The van der Waals surface area contributed by atoms with Crippen molar-refractivity contribution in [1.82, 2.24) is 15.3 Å². The van der Waals surface area contributed by atoms with Crippen LogP contribution in [0.15, 0.2) is 41.9 Å². The van der Waals surface area contributed by atoms with Gasteiger partial charge < -0.3 is 24.8 Å². The SMILES string of the molecule is CC(=O)Nc1nc(C(=O)NCc2ccnc(OCc3ccc4c(c3)OCO4)c2)cs1. The number of anilines is 1. The Morgan fingerprint density at radius 3 is 2.90 bits per heavy atom. The van der Waals surface area contributed by atoms with Crippen molar-refractivity contribution in [1.29, 1.82) is 0 Å². The molecule has 4 rings (SSSR count). The van der Waals surface area contributed by atoms with Crippen molar-refractivity contribution in [2.24, 2.45) is 0 Å². The first-order chi connectivity index (χ1) is 14.6. The van der Waals surface area contributed by atoms with Crippen LogP contribution < -0.4 is 24.8 Å². The lowest BCUT2D eigenvalue weighted by Gasteiger charge is -2.08. The Morgan fingerprint density at radius 1 is 1.17 bits per heavy atom. The maximum absolute atomic E-state index is 12.3. The van der Waals surface area contributed by atoms with Crippen LogP contribution in [0.5, 0.6) is 17.4 Å². The number of carbonyl (C=O) groups is 2. The Labute approximate surface area is 176 Å². The Kier molecular flexibility index (Phi) is 5.75. The zero-order valence-corrected chi connectivity index (χ0v) is 16.8. The van der Waals surface area contributed by atoms with E-state index in [1.807, 2.05) is 18.2 Å². The highest BCUT2D eigenvalue weighted by molar-refractivity contribution is 7.14. The molecule has 0 aliphatic carbocycles. The molecule has 30 heavy (non-hydrogen) atoms. The van der Waals surface area contributed by atoms with Gasteiger partial charge in [-0.15, -0.1) is 11.3 Å². The molecule has 154 valence electrons. The van der Waals surface area contributed by atoms with Gasteiger partial charge in [-0.1, -0.05) is 6.07 Å². The standard InChI is InChI=1S/C20H18N4O5S/c1-12(25)23-20-24-15(10-30-20)19(26)22-8-13-4-5-21-18(7-13)27-9-14-2-3-16-17(6-14)29-11-28-16/h2-7,10H,8-9,11H2,1H3,(H,22,26)(H,23,24,25). The van der Waals surface area contributed by atoms with Crippen molar-refractivity contribution < 1.29 is 23.8 Å². The maximum atomic E-state index is 12.3. The number of amides is 2. The fourth-order valence-corrected chi connectivity index (χ4v) is 3.42. The van der Waals surface area contributed by atoms with E-state index in [-0.39, 0.29) is 30.8 Å². The van der Waals surface area contributed by atoms with E-state index < -0.39 is 0 Å². The number of hydrogen-bond acceptors (Lipinski definition) is 8. The molecule has 0 atom stereocenters. The molecule has 2 N–H and O–H groups in total. The fraction of sp³-hybridized carbons (Fsp3) is 0.200. The van der Waals surface area contributed by atoms with E-state index in [0.29, 0.717) is 23.4 Å². The van der Waals surface area contributed by atoms with Gasteiger partial charge in [-0.25, -0.2) is 9.97 Å². The molecular formula is C20H18N4O5S. The van der Waals surface area contributed by atoms with E-state index in [1.54, 1.807) is 23.7 Å². The van der Waals surface area contributed by atoms with Crippen molar-refractivity contribution >= 4 is 28.3 Å². The van der Waals surface area contributed by atoms with Crippen LogP contribution in [-0.4, -0.2) is 28.6 Å². The van der Waals surface area contributed by atoms with Crippen molar-refractivity contribution in [2.75, 3.05) is 12.1 Å². The summed E-state index contributed by atoms with van der Waals surface area (Å²) in [7, 11) is 0. The molecule has 10 heteroatoms. The number of rotatable bonds is 7. The molecule has 0 fully saturated rings. The van der Waals surface area contributed by atoms with Crippen LogP contribution in [0.3, 0.4) is 0 Å². The summed E-state index contributed by atoms with van der Waals surface area (Å²) in [5.74, 6) is 1.30. The van der Waals surface area contributed by atoms with Gasteiger partial charge in [0.15, 0.2) is 16.6 Å². The number of ether oxygens (including phenoxy) is 3. The van der Waals surface area contributed by atoms with E-state index in [4.69, 9.17) is 14.2 Å². The molecule has 1 aliphatic heterocycles. The van der Waals surface area contributed by atoms with Gasteiger partial charge in [0, 0.05) is 31.1 Å². The fourth-order valence-electron chi connectivity index (χ4n) is 2.69. The van der Waals surface area contributed by atoms with Crippen molar-refractivity contribution in [2.45, 2.75) is 20.1 Å². The Hall–Kier alpha value is -3.66. The molecule has 2 amide bonds. The normalized spacial score (nSPS) is 11.8. The highest BCUT2D eigenvalue weighted by Crippen LogP contribution is 2.32. The van der Waals surface area contributed by atoms with Gasteiger partial charge in [0.25, 0.3) is 5.91 Å². The lowest BCUT2D eigenvalue weighted by Crippen LogP contribution is -2.23. The van der Waals surface area contributed by atoms with Gasteiger partial charge in [0.2, 0.25) is 18.6 Å². The third-order valence-electron chi connectivity index (χ3n) is 4.10. The second-order valence-corrected chi connectivity index (χ2v) is 7.24. The van der Waals surface area contributed by atoms with Gasteiger partial charge in [0.1, 0.15) is 12.3 Å². The predicted molar refractivity (Wildman–Crippen MR) is 109 cm³/mol. The molecule has 2 aromatic heterocycles. The quantitative estimate of drug-likeness (QED) is 0.597. The number of thiazole rings is 1. The molecule has 3 heterocycles. The first kappa shape index (κ1) is 19.6. The third-order valence-corrected chi connectivity index (χ3v) is 4.85. The van der Waals surface area contributed by atoms with Crippen LogP contribution in [-0.2, 0) is 17.9 Å². The molecule has 0 saturated carbocycles. The van der Waals surface area contributed by atoms with Gasteiger partial charge >= 0.3 is 0 Å². The lowest BCUT2D eigenvalue weighted by molar-refractivity contribution is -0.114. The first-order valence-corrected chi connectivity index (χ1v) is 9.92. The number of carbonyl (C=O) groups excluding carboxylic acids is 2. The summed E-state index contributed by atoms with van der Waals surface area (Å²) in [6.45, 7) is 2.22. The van der Waals surface area contributed by atoms with E-state index in [1.165, 1.54) is 18.3 Å². The smallest absolute Gasteiger partial charge is 0.271 e. The van der Waals surface area contributed by atoms with Crippen LogP contribution in [0.1, 0.15) is 28.5 Å². The summed E-state index contributed by atoms with van der Waals surface area (Å²) >= 11 is 1.19. The molecule has 1 aromatic carbocycles. The average molecular weight is 426 g/mol. The second kappa shape index (κ2) is 8.78. The first-order valence-electron chi connectivity index (χ1n) is 9.04. The minimum atomic E-state index is -0.331. The van der Waals surface area contributed by atoms with Crippen molar-refractivity contribution in [3.8, 4) is 17.4 Å². The third kappa shape index (κ3) is 4.84.